The van der Waals surface area contributed by atoms with Gasteiger partial charge in [0.05, 0.1) is 30.3 Å². The fourth-order valence-corrected chi connectivity index (χ4v) is 2.63. The number of nitrogens with zero attached hydrogens (tertiary/aromatic N) is 3. The summed E-state index contributed by atoms with van der Waals surface area (Å²) in [7, 11) is 0. The number of rotatable bonds is 1. The molecule has 1 aliphatic rings. The standard InChI is InChI=1S/C7H8BrN3OS/c8-6-4-10-7(5-9-6)11-2-1-3-13(11)12/h4-5H,1-3H2. The summed E-state index contributed by atoms with van der Waals surface area (Å²) in [6.45, 7) is 0.808. The lowest BCUT2D eigenvalue weighted by atomic mass is 10.5. The van der Waals surface area contributed by atoms with E-state index in [1.54, 1.807) is 16.7 Å². The van der Waals surface area contributed by atoms with E-state index in [1.807, 2.05) is 0 Å². The highest BCUT2D eigenvalue weighted by Crippen LogP contribution is 2.21. The zero-order chi connectivity index (χ0) is 9.26. The Labute approximate surface area is 87.8 Å². The molecule has 2 heterocycles. The van der Waals surface area contributed by atoms with Gasteiger partial charge >= 0.3 is 0 Å². The second kappa shape index (κ2) is 3.81. The van der Waals surface area contributed by atoms with Gasteiger partial charge in [-0.3, -0.25) is 0 Å². The lowest BCUT2D eigenvalue weighted by Crippen LogP contribution is -2.26. The van der Waals surface area contributed by atoms with Gasteiger partial charge in [-0.05, 0) is 15.9 Å². The summed E-state index contributed by atoms with van der Waals surface area (Å²) in [4.78, 5) is 8.17. The van der Waals surface area contributed by atoms with Crippen LogP contribution < -0.4 is 4.31 Å². The van der Waals surface area contributed by atoms with Gasteiger partial charge in [0.2, 0.25) is 0 Å². The number of hydrogen-bond acceptors (Lipinski definition) is 4. The van der Waals surface area contributed by atoms with Gasteiger partial charge in [0.15, 0.2) is 5.82 Å². The van der Waals surface area contributed by atoms with Crippen LogP contribution in [-0.2, 0) is 11.4 Å². The molecule has 70 valence electrons. The van der Waals surface area contributed by atoms with E-state index in [0.29, 0.717) is 10.4 Å². The lowest BCUT2D eigenvalue weighted by Gasteiger charge is -2.16. The first kappa shape index (κ1) is 9.23. The Kier molecular flexibility index (Phi) is 2.71. The summed E-state index contributed by atoms with van der Waals surface area (Å²) >= 11 is 2.30. The summed E-state index contributed by atoms with van der Waals surface area (Å²) in [5.41, 5.74) is 0. The topological polar surface area (TPSA) is 52.1 Å². The van der Waals surface area contributed by atoms with Gasteiger partial charge in [-0.1, -0.05) is 0 Å². The molecule has 2 rings (SSSR count). The normalized spacial score (nSPS) is 22.3. The predicted molar refractivity (Wildman–Crippen MR) is 54.7 cm³/mol. The summed E-state index contributed by atoms with van der Waals surface area (Å²) in [6, 6.07) is 0. The van der Waals surface area contributed by atoms with Crippen molar-refractivity contribution in [2.75, 3.05) is 16.6 Å². The number of hydrogen-bond donors (Lipinski definition) is 0. The molecule has 1 saturated heterocycles. The van der Waals surface area contributed by atoms with Gasteiger partial charge in [-0.25, -0.2) is 9.97 Å². The van der Waals surface area contributed by atoms with Crippen LogP contribution in [0.5, 0.6) is 0 Å². The monoisotopic (exact) mass is 261 g/mol. The van der Waals surface area contributed by atoms with E-state index >= 15 is 0 Å². The summed E-state index contributed by atoms with van der Waals surface area (Å²) in [5, 5.41) is 0. The average molecular weight is 262 g/mol. The van der Waals surface area contributed by atoms with E-state index in [-0.39, 0.29) is 0 Å². The first-order chi connectivity index (χ1) is 6.27. The second-order valence-corrected chi connectivity index (χ2v) is 4.98. The Morgan fingerprint density at radius 3 is 2.85 bits per heavy atom. The van der Waals surface area contributed by atoms with Gasteiger partial charge in [-0.2, -0.15) is 4.31 Å². The summed E-state index contributed by atoms with van der Waals surface area (Å²) in [6.07, 6.45) is 4.21. The highest BCUT2D eigenvalue weighted by atomic mass is 79.9. The summed E-state index contributed by atoms with van der Waals surface area (Å²) in [5.74, 6) is 1.43. The Morgan fingerprint density at radius 2 is 2.31 bits per heavy atom. The lowest BCUT2D eigenvalue weighted by molar-refractivity contribution is 0.598. The van der Waals surface area contributed by atoms with Gasteiger partial charge in [0, 0.05) is 6.42 Å². The van der Waals surface area contributed by atoms with Crippen molar-refractivity contribution < 1.29 is 4.55 Å². The molecule has 4 nitrogen and oxygen atoms in total. The third-order valence-electron chi connectivity index (χ3n) is 1.79. The van der Waals surface area contributed by atoms with E-state index in [1.165, 1.54) is 0 Å². The fraction of sp³-hybridized carbons (Fsp3) is 0.429. The van der Waals surface area contributed by atoms with E-state index < -0.39 is 11.4 Å². The highest BCUT2D eigenvalue weighted by Gasteiger charge is 2.27. The van der Waals surface area contributed by atoms with Crippen LogP contribution in [0.2, 0.25) is 0 Å². The minimum absolute atomic E-state index is 0.694. The Balaban J connectivity index is 2.20. The molecule has 13 heavy (non-hydrogen) atoms. The third-order valence-corrected chi connectivity index (χ3v) is 3.70. The predicted octanol–water partition coefficient (Wildman–Crippen LogP) is 1.11. The molecule has 0 radical (unpaired) electrons. The van der Waals surface area contributed by atoms with Crippen LogP contribution in [0.3, 0.4) is 0 Å². The third kappa shape index (κ3) is 1.95. The zero-order valence-corrected chi connectivity index (χ0v) is 9.21. The molecule has 0 spiro atoms. The van der Waals surface area contributed by atoms with Crippen molar-refractivity contribution in [2.24, 2.45) is 0 Å². The Morgan fingerprint density at radius 1 is 1.46 bits per heavy atom. The van der Waals surface area contributed by atoms with Crippen LogP contribution in [0, 0.1) is 0 Å². The molecule has 0 aromatic carbocycles. The minimum atomic E-state index is -0.903. The van der Waals surface area contributed by atoms with E-state index in [9.17, 15) is 4.55 Å². The molecule has 1 aromatic rings. The Bertz CT molecular complexity index is 294. The molecular weight excluding hydrogens is 254 g/mol. The van der Waals surface area contributed by atoms with Crippen molar-refractivity contribution >= 4 is 33.1 Å². The number of aromatic nitrogens is 2. The molecule has 0 bridgehead atoms. The van der Waals surface area contributed by atoms with Crippen molar-refractivity contribution in [1.82, 2.24) is 9.97 Å². The molecule has 0 aliphatic carbocycles. The first-order valence-electron chi connectivity index (χ1n) is 3.91. The maximum atomic E-state index is 11.4. The van der Waals surface area contributed by atoms with Gasteiger partial charge in [0.1, 0.15) is 10.4 Å². The van der Waals surface area contributed by atoms with Crippen molar-refractivity contribution in [2.45, 2.75) is 6.42 Å². The minimum Gasteiger partial charge on any atom is -0.593 e. The fourth-order valence-electron chi connectivity index (χ4n) is 1.20. The van der Waals surface area contributed by atoms with E-state index in [4.69, 9.17) is 0 Å². The zero-order valence-electron chi connectivity index (χ0n) is 6.81. The van der Waals surface area contributed by atoms with E-state index in [0.717, 1.165) is 18.7 Å². The molecule has 1 aromatic heterocycles. The molecular formula is C7H8BrN3OS. The molecule has 0 saturated carbocycles. The van der Waals surface area contributed by atoms with Crippen LogP contribution in [0.15, 0.2) is 17.0 Å². The second-order valence-electron chi connectivity index (χ2n) is 2.68. The molecule has 0 N–H and O–H groups in total. The van der Waals surface area contributed by atoms with Gasteiger partial charge in [0.25, 0.3) is 0 Å². The largest absolute Gasteiger partial charge is 0.593 e. The SMILES string of the molecule is [O-][S+]1CCCN1c1cnc(Br)cn1. The van der Waals surface area contributed by atoms with Crippen molar-refractivity contribution in [1.29, 1.82) is 0 Å². The molecule has 6 heteroatoms. The molecule has 1 atom stereocenters. The van der Waals surface area contributed by atoms with Crippen LogP contribution in [-0.4, -0.2) is 26.8 Å². The van der Waals surface area contributed by atoms with Crippen molar-refractivity contribution in [3.05, 3.63) is 17.0 Å². The molecule has 1 fully saturated rings. The number of halogens is 1. The van der Waals surface area contributed by atoms with Crippen LogP contribution in [0.4, 0.5) is 5.82 Å². The summed E-state index contributed by atoms with van der Waals surface area (Å²) < 4.78 is 13.9. The smallest absolute Gasteiger partial charge is 0.192 e. The number of anilines is 1. The van der Waals surface area contributed by atoms with Crippen LogP contribution in [0.1, 0.15) is 6.42 Å². The van der Waals surface area contributed by atoms with E-state index in [2.05, 4.69) is 25.9 Å². The quantitative estimate of drug-likeness (QED) is 0.711. The van der Waals surface area contributed by atoms with Crippen LogP contribution in [0.25, 0.3) is 0 Å². The average Bonchev–Trinajstić information content (AvgIpc) is 2.53. The van der Waals surface area contributed by atoms with Crippen molar-refractivity contribution in [3.63, 3.8) is 0 Å². The molecule has 1 aliphatic heterocycles. The van der Waals surface area contributed by atoms with Gasteiger partial charge in [-0.15, -0.1) is 0 Å². The Hall–Kier alpha value is -0.330. The maximum absolute atomic E-state index is 11.4. The van der Waals surface area contributed by atoms with Gasteiger partial charge < -0.3 is 4.55 Å². The highest BCUT2D eigenvalue weighted by molar-refractivity contribution is 9.10. The maximum Gasteiger partial charge on any atom is 0.192 e. The first-order valence-corrected chi connectivity index (χ1v) is 5.98. The van der Waals surface area contributed by atoms with Crippen molar-refractivity contribution in [3.8, 4) is 0 Å². The molecule has 1 unspecified atom stereocenters. The molecule has 0 amide bonds. The van der Waals surface area contributed by atoms with Crippen LogP contribution >= 0.6 is 15.9 Å².